The van der Waals surface area contributed by atoms with Crippen molar-refractivity contribution in [2.45, 2.75) is 13.5 Å². The number of methoxy groups -OCH3 is 2. The van der Waals surface area contributed by atoms with Gasteiger partial charge in [0, 0.05) is 6.92 Å². The molecule has 0 saturated heterocycles. The standard InChI is InChI=1S/C20H18F2N4O5/c1-11(27)23-16-9-13(5-7-14(16)21)26-20(29)25(19(28)18(24-26)31-3)10-12-4-6-15(22)17(8-12)30-2/h4-9H,10H2,1-3H3,(H,23,27). The summed E-state index contributed by atoms with van der Waals surface area (Å²) < 4.78 is 39.3. The molecular weight excluding hydrogens is 414 g/mol. The lowest BCUT2D eigenvalue weighted by Gasteiger charge is -2.13. The normalized spacial score (nSPS) is 10.6. The fourth-order valence-electron chi connectivity index (χ4n) is 2.84. The molecule has 31 heavy (non-hydrogen) atoms. The van der Waals surface area contributed by atoms with Crippen LogP contribution >= 0.6 is 0 Å². The van der Waals surface area contributed by atoms with Gasteiger partial charge in [-0.15, -0.1) is 5.10 Å². The van der Waals surface area contributed by atoms with Crippen LogP contribution in [0.25, 0.3) is 5.69 Å². The zero-order chi connectivity index (χ0) is 22.7. The number of aromatic nitrogens is 3. The van der Waals surface area contributed by atoms with Crippen LogP contribution in [-0.2, 0) is 11.3 Å². The Kier molecular flexibility index (Phi) is 6.14. The van der Waals surface area contributed by atoms with Crippen LogP contribution in [0.2, 0.25) is 0 Å². The quantitative estimate of drug-likeness (QED) is 0.636. The predicted molar refractivity (Wildman–Crippen MR) is 107 cm³/mol. The fourth-order valence-corrected chi connectivity index (χ4v) is 2.84. The molecule has 0 radical (unpaired) electrons. The molecule has 0 spiro atoms. The van der Waals surface area contributed by atoms with Crippen molar-refractivity contribution in [2.24, 2.45) is 0 Å². The van der Waals surface area contributed by atoms with Gasteiger partial charge in [-0.1, -0.05) is 6.07 Å². The number of nitrogens with zero attached hydrogens (tertiary/aromatic N) is 3. The highest BCUT2D eigenvalue weighted by Gasteiger charge is 2.17. The molecule has 0 aliphatic heterocycles. The van der Waals surface area contributed by atoms with Crippen LogP contribution in [0.3, 0.4) is 0 Å². The van der Waals surface area contributed by atoms with E-state index in [4.69, 9.17) is 9.47 Å². The first-order valence-corrected chi connectivity index (χ1v) is 8.93. The smallest absolute Gasteiger partial charge is 0.352 e. The van der Waals surface area contributed by atoms with Crippen LogP contribution in [0.5, 0.6) is 11.6 Å². The summed E-state index contributed by atoms with van der Waals surface area (Å²) in [5.74, 6) is -2.26. The van der Waals surface area contributed by atoms with E-state index in [0.29, 0.717) is 5.56 Å². The monoisotopic (exact) mass is 432 g/mol. The Balaban J connectivity index is 2.15. The van der Waals surface area contributed by atoms with Gasteiger partial charge < -0.3 is 14.8 Å². The lowest BCUT2D eigenvalue weighted by molar-refractivity contribution is -0.114. The van der Waals surface area contributed by atoms with E-state index in [9.17, 15) is 23.2 Å². The van der Waals surface area contributed by atoms with E-state index in [1.54, 1.807) is 0 Å². The summed E-state index contributed by atoms with van der Waals surface area (Å²) in [6.45, 7) is 0.976. The van der Waals surface area contributed by atoms with Gasteiger partial charge in [-0.05, 0) is 35.9 Å². The van der Waals surface area contributed by atoms with Crippen molar-refractivity contribution < 1.29 is 23.0 Å². The maximum absolute atomic E-state index is 14.0. The summed E-state index contributed by atoms with van der Waals surface area (Å²) in [6.07, 6.45) is 0. The molecule has 0 unspecified atom stereocenters. The summed E-state index contributed by atoms with van der Waals surface area (Å²) in [7, 11) is 2.50. The largest absolute Gasteiger partial charge is 0.494 e. The Morgan fingerprint density at radius 3 is 2.42 bits per heavy atom. The van der Waals surface area contributed by atoms with Gasteiger partial charge in [0.15, 0.2) is 11.6 Å². The molecule has 1 aromatic heterocycles. The molecule has 2 aromatic carbocycles. The number of benzene rings is 2. The van der Waals surface area contributed by atoms with Crippen molar-refractivity contribution in [1.29, 1.82) is 0 Å². The molecule has 0 atom stereocenters. The topological polar surface area (TPSA) is 104 Å². The molecule has 0 bridgehead atoms. The first kappa shape index (κ1) is 21.7. The molecule has 1 N–H and O–H groups in total. The average molecular weight is 432 g/mol. The molecule has 162 valence electrons. The minimum Gasteiger partial charge on any atom is -0.494 e. The molecule has 3 rings (SSSR count). The molecule has 11 heteroatoms. The zero-order valence-electron chi connectivity index (χ0n) is 16.8. The Labute approximate surface area is 174 Å². The summed E-state index contributed by atoms with van der Waals surface area (Å²) >= 11 is 0. The number of nitrogens with one attached hydrogen (secondary N) is 1. The first-order chi connectivity index (χ1) is 14.7. The molecule has 0 saturated carbocycles. The number of halogens is 2. The zero-order valence-corrected chi connectivity index (χ0v) is 16.8. The van der Waals surface area contributed by atoms with Crippen molar-refractivity contribution in [3.05, 3.63) is 74.4 Å². The van der Waals surface area contributed by atoms with Crippen molar-refractivity contribution in [3.63, 3.8) is 0 Å². The Bertz CT molecular complexity index is 1270. The van der Waals surface area contributed by atoms with E-state index >= 15 is 0 Å². The Morgan fingerprint density at radius 2 is 1.77 bits per heavy atom. The average Bonchev–Trinajstić information content (AvgIpc) is 2.74. The Hall–Kier alpha value is -4.02. The summed E-state index contributed by atoms with van der Waals surface area (Å²) in [5.41, 5.74) is -1.33. The molecule has 3 aromatic rings. The van der Waals surface area contributed by atoms with Gasteiger partial charge in [0.25, 0.3) is 5.88 Å². The number of carbonyl (C=O) groups is 1. The summed E-state index contributed by atoms with van der Waals surface area (Å²) in [5, 5.41) is 6.20. The van der Waals surface area contributed by atoms with E-state index < -0.39 is 28.8 Å². The second-order valence-corrected chi connectivity index (χ2v) is 6.41. The number of amides is 1. The van der Waals surface area contributed by atoms with Gasteiger partial charge in [-0.2, -0.15) is 4.68 Å². The maximum Gasteiger partial charge on any atom is 0.352 e. The highest BCUT2D eigenvalue weighted by molar-refractivity contribution is 5.89. The minimum atomic E-state index is -0.852. The molecule has 1 heterocycles. The molecule has 1 amide bonds. The summed E-state index contributed by atoms with van der Waals surface area (Å²) in [4.78, 5) is 37.0. The van der Waals surface area contributed by atoms with Gasteiger partial charge >= 0.3 is 11.2 Å². The number of anilines is 1. The number of rotatable bonds is 6. The highest BCUT2D eigenvalue weighted by Crippen LogP contribution is 2.20. The Morgan fingerprint density at radius 1 is 1.06 bits per heavy atom. The van der Waals surface area contributed by atoms with Crippen LogP contribution in [-0.4, -0.2) is 34.5 Å². The third-order valence-electron chi connectivity index (χ3n) is 4.29. The third kappa shape index (κ3) is 4.44. The van der Waals surface area contributed by atoms with E-state index in [-0.39, 0.29) is 29.5 Å². The molecule has 9 nitrogen and oxygen atoms in total. The van der Waals surface area contributed by atoms with Crippen LogP contribution < -0.4 is 26.0 Å². The van der Waals surface area contributed by atoms with Crippen LogP contribution in [0.15, 0.2) is 46.0 Å². The van der Waals surface area contributed by atoms with E-state index in [2.05, 4.69) is 10.4 Å². The SMILES string of the molecule is COc1cc(Cn2c(=O)c(OC)nn(-c3ccc(F)c(NC(C)=O)c3)c2=O)ccc1F. The lowest BCUT2D eigenvalue weighted by atomic mass is 10.2. The number of hydrogen-bond donors (Lipinski definition) is 1. The van der Waals surface area contributed by atoms with E-state index in [0.717, 1.165) is 21.4 Å². The van der Waals surface area contributed by atoms with Crippen LogP contribution in [0, 0.1) is 11.6 Å². The van der Waals surface area contributed by atoms with E-state index in [1.165, 1.54) is 45.4 Å². The van der Waals surface area contributed by atoms with Gasteiger partial charge in [0.2, 0.25) is 5.91 Å². The van der Waals surface area contributed by atoms with Crippen molar-refractivity contribution in [3.8, 4) is 17.3 Å². The lowest BCUT2D eigenvalue weighted by Crippen LogP contribution is -2.41. The van der Waals surface area contributed by atoms with Crippen molar-refractivity contribution in [1.82, 2.24) is 14.3 Å². The van der Waals surface area contributed by atoms with Gasteiger partial charge in [-0.25, -0.2) is 18.1 Å². The van der Waals surface area contributed by atoms with E-state index in [1.807, 2.05) is 0 Å². The summed E-state index contributed by atoms with van der Waals surface area (Å²) in [6, 6.07) is 7.39. The number of ether oxygens (including phenoxy) is 2. The van der Waals surface area contributed by atoms with Gasteiger partial charge in [-0.3, -0.25) is 9.59 Å². The van der Waals surface area contributed by atoms with Crippen LogP contribution in [0.4, 0.5) is 14.5 Å². The number of carbonyl (C=O) groups excluding carboxylic acids is 1. The van der Waals surface area contributed by atoms with Crippen LogP contribution in [0.1, 0.15) is 12.5 Å². The molecule has 0 aliphatic carbocycles. The van der Waals surface area contributed by atoms with Crippen molar-refractivity contribution >= 4 is 11.6 Å². The maximum atomic E-state index is 14.0. The second-order valence-electron chi connectivity index (χ2n) is 6.41. The van der Waals surface area contributed by atoms with Gasteiger partial charge in [0.05, 0.1) is 32.1 Å². The van der Waals surface area contributed by atoms with Crippen molar-refractivity contribution in [2.75, 3.05) is 19.5 Å². The third-order valence-corrected chi connectivity index (χ3v) is 4.29. The molecular formula is C20H18F2N4O5. The first-order valence-electron chi connectivity index (χ1n) is 8.93. The minimum absolute atomic E-state index is 0.0506. The second kappa shape index (κ2) is 8.78. The highest BCUT2D eigenvalue weighted by atomic mass is 19.1. The molecule has 0 aliphatic rings. The number of hydrogen-bond acceptors (Lipinski definition) is 6. The molecule has 0 fully saturated rings. The fraction of sp³-hybridized carbons (Fsp3) is 0.200. The van der Waals surface area contributed by atoms with Gasteiger partial charge in [0.1, 0.15) is 5.82 Å². The predicted octanol–water partition coefficient (Wildman–Crippen LogP) is 1.70.